The van der Waals surface area contributed by atoms with Crippen molar-refractivity contribution in [2.45, 2.75) is 25.0 Å². The van der Waals surface area contributed by atoms with Gasteiger partial charge in [0.2, 0.25) is 0 Å². The fraction of sp³-hybridized carbons (Fsp3) is 0.357. The molecule has 2 fully saturated rings. The standard InChI is InChI=1S/C28H28F2N6O4/c29-20-3-1-19(2-4-20)26(37)34-9-7-28(39,8-10-34)17-35-18-31-25-22(27(35)38)16-32-36(25)21-5-6-23(30)24(15-21)33-11-13-40-14-12-33/h1-6,15-16,18,39H,7-14,17H2. The van der Waals surface area contributed by atoms with Gasteiger partial charge in [-0.2, -0.15) is 5.10 Å². The first kappa shape index (κ1) is 26.1. The van der Waals surface area contributed by atoms with E-state index in [0.29, 0.717) is 62.0 Å². The van der Waals surface area contributed by atoms with Gasteiger partial charge in [0.05, 0.1) is 42.9 Å². The number of piperidine rings is 1. The molecule has 40 heavy (non-hydrogen) atoms. The molecule has 12 heteroatoms. The van der Waals surface area contributed by atoms with Gasteiger partial charge in [-0.3, -0.25) is 14.2 Å². The highest BCUT2D eigenvalue weighted by Gasteiger charge is 2.35. The number of ether oxygens (including phenoxy) is 1. The summed E-state index contributed by atoms with van der Waals surface area (Å²) in [6.45, 7) is 2.79. The third-order valence-corrected chi connectivity index (χ3v) is 7.62. The lowest BCUT2D eigenvalue weighted by Crippen LogP contribution is -2.49. The number of aliphatic hydroxyl groups is 1. The number of morpholine rings is 1. The lowest BCUT2D eigenvalue weighted by molar-refractivity contribution is -0.0299. The lowest BCUT2D eigenvalue weighted by Gasteiger charge is -2.38. The Balaban J connectivity index is 1.19. The lowest BCUT2D eigenvalue weighted by atomic mass is 9.91. The van der Waals surface area contributed by atoms with Gasteiger partial charge in [-0.15, -0.1) is 0 Å². The second kappa shape index (κ2) is 10.4. The zero-order valence-electron chi connectivity index (χ0n) is 21.7. The van der Waals surface area contributed by atoms with E-state index < -0.39 is 11.4 Å². The van der Waals surface area contributed by atoms with E-state index in [1.807, 2.05) is 4.90 Å². The van der Waals surface area contributed by atoms with E-state index in [1.165, 1.54) is 52.1 Å². The maximum Gasteiger partial charge on any atom is 0.264 e. The summed E-state index contributed by atoms with van der Waals surface area (Å²) < 4.78 is 36.0. The van der Waals surface area contributed by atoms with Crippen LogP contribution in [0.1, 0.15) is 23.2 Å². The minimum atomic E-state index is -1.21. The number of benzene rings is 2. The zero-order chi connectivity index (χ0) is 27.9. The smallest absolute Gasteiger partial charge is 0.264 e. The molecule has 2 aliphatic heterocycles. The third-order valence-electron chi connectivity index (χ3n) is 7.62. The first-order chi connectivity index (χ1) is 19.3. The SMILES string of the molecule is O=C(c1ccc(F)cc1)N1CCC(O)(Cn2cnc3c(cnn3-c3ccc(F)c(N4CCOCC4)c3)c2=O)CC1. The Kier molecular flexibility index (Phi) is 6.80. The van der Waals surface area contributed by atoms with Crippen LogP contribution in [0.5, 0.6) is 0 Å². The van der Waals surface area contributed by atoms with Crippen molar-refractivity contribution in [3.8, 4) is 5.69 Å². The number of anilines is 1. The van der Waals surface area contributed by atoms with E-state index in [1.54, 1.807) is 17.0 Å². The summed E-state index contributed by atoms with van der Waals surface area (Å²) in [6.07, 6.45) is 3.34. The van der Waals surface area contributed by atoms with Gasteiger partial charge >= 0.3 is 0 Å². The fourth-order valence-corrected chi connectivity index (χ4v) is 5.31. The Morgan fingerprint density at radius 3 is 2.48 bits per heavy atom. The molecule has 2 aromatic heterocycles. The Hall–Kier alpha value is -4.16. The molecule has 2 aromatic carbocycles. The maximum atomic E-state index is 14.6. The van der Waals surface area contributed by atoms with Crippen molar-refractivity contribution < 1.29 is 23.4 Å². The predicted molar refractivity (Wildman–Crippen MR) is 143 cm³/mol. The number of hydrogen-bond donors (Lipinski definition) is 1. The molecule has 0 atom stereocenters. The molecule has 208 valence electrons. The second-order valence-electron chi connectivity index (χ2n) is 10.2. The third kappa shape index (κ3) is 4.95. The molecule has 2 aliphatic rings. The van der Waals surface area contributed by atoms with Gasteiger partial charge in [0.1, 0.15) is 23.3 Å². The minimum Gasteiger partial charge on any atom is -0.388 e. The Morgan fingerprint density at radius 1 is 1.02 bits per heavy atom. The summed E-state index contributed by atoms with van der Waals surface area (Å²) in [7, 11) is 0. The molecule has 0 aliphatic carbocycles. The van der Waals surface area contributed by atoms with Crippen molar-refractivity contribution in [3.05, 3.63) is 82.5 Å². The van der Waals surface area contributed by atoms with Crippen molar-refractivity contribution in [1.29, 1.82) is 0 Å². The average Bonchev–Trinajstić information content (AvgIpc) is 3.41. The molecule has 4 aromatic rings. The van der Waals surface area contributed by atoms with E-state index in [2.05, 4.69) is 10.1 Å². The molecule has 6 rings (SSSR count). The molecule has 0 bridgehead atoms. The summed E-state index contributed by atoms with van der Waals surface area (Å²) in [4.78, 5) is 34.1. The van der Waals surface area contributed by atoms with Gasteiger partial charge in [0.25, 0.3) is 11.5 Å². The van der Waals surface area contributed by atoms with Crippen LogP contribution < -0.4 is 10.5 Å². The van der Waals surface area contributed by atoms with E-state index in [4.69, 9.17) is 4.74 Å². The summed E-state index contributed by atoms with van der Waals surface area (Å²) in [5.74, 6) is -0.995. The molecule has 0 spiro atoms. The highest BCUT2D eigenvalue weighted by Crippen LogP contribution is 2.27. The largest absolute Gasteiger partial charge is 0.388 e. The number of hydrogen-bond acceptors (Lipinski definition) is 7. The van der Waals surface area contributed by atoms with Crippen molar-refractivity contribution in [3.63, 3.8) is 0 Å². The second-order valence-corrected chi connectivity index (χ2v) is 10.2. The molecule has 0 saturated carbocycles. The van der Waals surface area contributed by atoms with Crippen LogP contribution in [0.2, 0.25) is 0 Å². The van der Waals surface area contributed by atoms with Crippen LogP contribution in [0, 0.1) is 11.6 Å². The van der Waals surface area contributed by atoms with E-state index in [0.717, 1.165) is 0 Å². The Labute approximate surface area is 228 Å². The maximum absolute atomic E-state index is 14.6. The highest BCUT2D eigenvalue weighted by atomic mass is 19.1. The monoisotopic (exact) mass is 550 g/mol. The van der Waals surface area contributed by atoms with Crippen LogP contribution >= 0.6 is 0 Å². The first-order valence-corrected chi connectivity index (χ1v) is 13.1. The quantitative estimate of drug-likeness (QED) is 0.407. The van der Waals surface area contributed by atoms with Gasteiger partial charge in [0.15, 0.2) is 5.65 Å². The van der Waals surface area contributed by atoms with E-state index in [-0.39, 0.29) is 42.1 Å². The molecule has 4 heterocycles. The topological polar surface area (TPSA) is 106 Å². The number of likely N-dealkylation sites (tertiary alicyclic amines) is 1. The minimum absolute atomic E-state index is 0.0102. The number of fused-ring (bicyclic) bond motifs is 1. The fourth-order valence-electron chi connectivity index (χ4n) is 5.31. The molecule has 2 saturated heterocycles. The van der Waals surface area contributed by atoms with Crippen LogP contribution in [-0.4, -0.2) is 80.2 Å². The van der Waals surface area contributed by atoms with Crippen LogP contribution in [0.15, 0.2) is 59.8 Å². The predicted octanol–water partition coefficient (Wildman–Crippen LogP) is 2.36. The summed E-state index contributed by atoms with van der Waals surface area (Å²) in [6, 6.07) is 10.0. The van der Waals surface area contributed by atoms with Crippen LogP contribution in [0.4, 0.5) is 14.5 Å². The molecule has 10 nitrogen and oxygen atoms in total. The zero-order valence-corrected chi connectivity index (χ0v) is 21.7. The van der Waals surface area contributed by atoms with Crippen molar-refractivity contribution in [2.24, 2.45) is 0 Å². The number of carbonyl (C=O) groups excluding carboxylic acids is 1. The van der Waals surface area contributed by atoms with E-state index >= 15 is 0 Å². The van der Waals surface area contributed by atoms with Crippen molar-refractivity contribution in [2.75, 3.05) is 44.3 Å². The van der Waals surface area contributed by atoms with Gasteiger partial charge in [-0.1, -0.05) is 0 Å². The Bertz CT molecular complexity index is 1610. The number of aromatic nitrogens is 4. The Morgan fingerprint density at radius 2 is 1.75 bits per heavy atom. The molecule has 1 N–H and O–H groups in total. The van der Waals surface area contributed by atoms with Crippen molar-refractivity contribution in [1.82, 2.24) is 24.2 Å². The van der Waals surface area contributed by atoms with Gasteiger partial charge in [-0.25, -0.2) is 18.4 Å². The number of halogens is 2. The molecular weight excluding hydrogens is 522 g/mol. The molecular formula is C28H28F2N6O4. The summed E-state index contributed by atoms with van der Waals surface area (Å²) in [5.41, 5.74) is 0.146. The van der Waals surface area contributed by atoms with Crippen LogP contribution in [-0.2, 0) is 11.3 Å². The average molecular weight is 551 g/mol. The number of nitrogens with zero attached hydrogens (tertiary/aromatic N) is 6. The molecule has 1 amide bonds. The van der Waals surface area contributed by atoms with E-state index in [9.17, 15) is 23.5 Å². The normalized spacial score (nSPS) is 17.4. The molecule has 0 unspecified atom stereocenters. The number of rotatable bonds is 5. The van der Waals surface area contributed by atoms with Crippen LogP contribution in [0.3, 0.4) is 0 Å². The summed E-state index contributed by atoms with van der Waals surface area (Å²) >= 11 is 0. The van der Waals surface area contributed by atoms with Gasteiger partial charge < -0.3 is 19.6 Å². The highest BCUT2D eigenvalue weighted by molar-refractivity contribution is 5.94. The van der Waals surface area contributed by atoms with Crippen molar-refractivity contribution >= 4 is 22.6 Å². The van der Waals surface area contributed by atoms with Gasteiger partial charge in [0, 0.05) is 31.7 Å². The van der Waals surface area contributed by atoms with Crippen LogP contribution in [0.25, 0.3) is 16.7 Å². The summed E-state index contributed by atoms with van der Waals surface area (Å²) in [5, 5.41) is 15.9. The number of carbonyl (C=O) groups is 1. The molecule has 0 radical (unpaired) electrons. The number of amides is 1. The first-order valence-electron chi connectivity index (χ1n) is 13.1. The van der Waals surface area contributed by atoms with Gasteiger partial charge in [-0.05, 0) is 55.3 Å².